The van der Waals surface area contributed by atoms with Crippen molar-refractivity contribution in [2.45, 2.75) is 89.0 Å². The van der Waals surface area contributed by atoms with Gasteiger partial charge in [0, 0.05) is 12.8 Å². The normalized spacial score (nSPS) is 32.7. The average Bonchev–Trinajstić information content (AvgIpc) is 3.11. The molecule has 0 heterocycles. The van der Waals surface area contributed by atoms with Crippen LogP contribution in [0.25, 0.3) is 0 Å². The minimum Gasteiger partial charge on any atom is -0.393 e. The Kier molecular flexibility index (Phi) is 7.96. The van der Waals surface area contributed by atoms with E-state index in [4.69, 9.17) is 0 Å². The van der Waals surface area contributed by atoms with Gasteiger partial charge in [0.05, 0.1) is 12.2 Å². The Morgan fingerprint density at radius 2 is 1.81 bits per heavy atom. The molecule has 9 heteroatoms. The number of halogens is 6. The van der Waals surface area contributed by atoms with Crippen molar-refractivity contribution in [1.82, 2.24) is 0 Å². The van der Waals surface area contributed by atoms with E-state index in [0.29, 0.717) is 18.4 Å². The molecule has 0 amide bonds. The van der Waals surface area contributed by atoms with Gasteiger partial charge in [-0.05, 0) is 66.4 Å². The Morgan fingerprint density at radius 3 is 2.42 bits per heavy atom. The number of alkyl halides is 6. The van der Waals surface area contributed by atoms with Crippen LogP contribution in [0.1, 0.15) is 58.8 Å². The fourth-order valence-electron chi connectivity index (χ4n) is 5.83. The molecular formula is C27H32F6O3. The molecule has 36 heavy (non-hydrogen) atoms. The van der Waals surface area contributed by atoms with Gasteiger partial charge >= 0.3 is 18.0 Å². The maximum absolute atomic E-state index is 12.9. The number of aliphatic hydroxyl groups is 3. The lowest BCUT2D eigenvalue weighted by molar-refractivity contribution is -0.343. The van der Waals surface area contributed by atoms with E-state index < -0.39 is 30.2 Å². The lowest BCUT2D eigenvalue weighted by Crippen LogP contribution is -2.55. The number of aliphatic hydroxyl groups excluding tert-OH is 2. The Hall–Kier alpha value is -2.02. The number of rotatable bonds is 3. The number of allylic oxidation sites excluding steroid dienone is 5. The van der Waals surface area contributed by atoms with Crippen LogP contribution in [0, 0.1) is 29.1 Å². The fraction of sp³-hybridized carbons (Fsp3) is 0.630. The van der Waals surface area contributed by atoms with Crippen molar-refractivity contribution >= 4 is 0 Å². The molecule has 0 aliphatic heterocycles. The number of fused-ring (bicyclic) bond motifs is 1. The van der Waals surface area contributed by atoms with Crippen LogP contribution in [0.3, 0.4) is 0 Å². The Morgan fingerprint density at radius 1 is 1.17 bits per heavy atom. The van der Waals surface area contributed by atoms with Gasteiger partial charge in [0.2, 0.25) is 0 Å². The van der Waals surface area contributed by atoms with Gasteiger partial charge in [0.15, 0.2) is 0 Å². The summed E-state index contributed by atoms with van der Waals surface area (Å²) in [5.41, 5.74) is -1.86. The maximum Gasteiger partial charge on any atom is 0.438 e. The van der Waals surface area contributed by atoms with Crippen LogP contribution in [-0.4, -0.2) is 45.5 Å². The summed E-state index contributed by atoms with van der Waals surface area (Å²) in [6.45, 7) is 7.72. The summed E-state index contributed by atoms with van der Waals surface area (Å²) in [6, 6.07) is 0. The second-order valence-corrected chi connectivity index (χ2v) is 10.4. The Labute approximate surface area is 207 Å². The van der Waals surface area contributed by atoms with Crippen LogP contribution in [0.5, 0.6) is 0 Å². The molecule has 0 radical (unpaired) electrons. The molecule has 5 atom stereocenters. The summed E-state index contributed by atoms with van der Waals surface area (Å²) >= 11 is 0. The molecule has 3 aliphatic carbocycles. The van der Waals surface area contributed by atoms with E-state index in [1.165, 1.54) is 5.57 Å². The van der Waals surface area contributed by atoms with E-state index >= 15 is 0 Å². The first-order valence-corrected chi connectivity index (χ1v) is 12.0. The van der Waals surface area contributed by atoms with E-state index in [1.54, 1.807) is 6.92 Å². The highest BCUT2D eigenvalue weighted by Crippen LogP contribution is 2.57. The van der Waals surface area contributed by atoms with Crippen LogP contribution >= 0.6 is 0 Å². The summed E-state index contributed by atoms with van der Waals surface area (Å²) < 4.78 is 77.4. The van der Waals surface area contributed by atoms with Crippen LogP contribution < -0.4 is 0 Å². The van der Waals surface area contributed by atoms with E-state index in [2.05, 4.69) is 13.5 Å². The first-order valence-electron chi connectivity index (χ1n) is 12.0. The molecule has 0 spiro atoms. The minimum atomic E-state index is -5.96. The molecule has 2 saturated carbocycles. The second kappa shape index (κ2) is 10.0. The predicted octanol–water partition coefficient (Wildman–Crippen LogP) is 5.93. The zero-order chi connectivity index (χ0) is 27.1. The van der Waals surface area contributed by atoms with Gasteiger partial charge in [0.1, 0.15) is 0 Å². The highest BCUT2D eigenvalue weighted by atomic mass is 19.4. The summed E-state index contributed by atoms with van der Waals surface area (Å²) in [7, 11) is 0. The summed E-state index contributed by atoms with van der Waals surface area (Å²) in [6.07, 6.45) is -3.80. The van der Waals surface area contributed by atoms with E-state index in [-0.39, 0.29) is 30.1 Å². The summed E-state index contributed by atoms with van der Waals surface area (Å²) in [5, 5.41) is 29.3. The van der Waals surface area contributed by atoms with Gasteiger partial charge in [0.25, 0.3) is 0 Å². The fourth-order valence-corrected chi connectivity index (χ4v) is 5.83. The molecule has 3 nitrogen and oxygen atoms in total. The third-order valence-electron chi connectivity index (χ3n) is 7.90. The average molecular weight is 519 g/mol. The van der Waals surface area contributed by atoms with Crippen LogP contribution in [0.2, 0.25) is 0 Å². The van der Waals surface area contributed by atoms with Crippen LogP contribution in [-0.2, 0) is 0 Å². The second-order valence-electron chi connectivity index (χ2n) is 10.4. The smallest absolute Gasteiger partial charge is 0.393 e. The van der Waals surface area contributed by atoms with Crippen LogP contribution in [0.4, 0.5) is 26.3 Å². The van der Waals surface area contributed by atoms with Crippen LogP contribution in [0.15, 0.2) is 47.1 Å². The SMILES string of the molecule is C=C1/C(=C\C=C2\CCC[C@]3(C)C([C@H](C)CC#CC(O)(C(F)(F)F)C(F)(F)F)=CC[C@@H]23)C[C@@H](O)CC1O. The van der Waals surface area contributed by atoms with Crippen molar-refractivity contribution < 1.29 is 41.7 Å². The zero-order valence-electron chi connectivity index (χ0n) is 20.3. The highest BCUT2D eigenvalue weighted by molar-refractivity contribution is 5.40. The third-order valence-corrected chi connectivity index (χ3v) is 7.90. The standard InChI is InChI=1S/C27H32F6O3/c1-16(6-4-13-25(36,26(28,29)30)27(31,32)33)21-10-11-22-18(7-5-12-24(21,22)3)8-9-19-14-20(34)15-23(35)17(19)2/h8-10,16,20,22-23,34-36H,2,5-7,11-12,14-15H2,1,3H3/b18-8-,19-9-/t16-,20-,22+,23?,24-/m1/s1. The van der Waals surface area contributed by atoms with Crippen molar-refractivity contribution in [2.75, 3.05) is 0 Å². The van der Waals surface area contributed by atoms with Gasteiger partial charge in [-0.15, -0.1) is 0 Å². The maximum atomic E-state index is 12.9. The molecule has 0 saturated heterocycles. The lowest BCUT2D eigenvalue weighted by atomic mass is 9.62. The summed E-state index contributed by atoms with van der Waals surface area (Å²) in [5.74, 6) is 2.75. The molecular weight excluding hydrogens is 486 g/mol. The van der Waals surface area contributed by atoms with E-state index in [0.717, 1.165) is 36.3 Å². The monoisotopic (exact) mass is 518 g/mol. The molecule has 1 unspecified atom stereocenters. The van der Waals surface area contributed by atoms with Crippen molar-refractivity contribution in [1.29, 1.82) is 0 Å². The van der Waals surface area contributed by atoms with Gasteiger partial charge in [-0.3, -0.25) is 0 Å². The van der Waals surface area contributed by atoms with Gasteiger partial charge in [-0.1, -0.05) is 55.7 Å². The zero-order valence-corrected chi connectivity index (χ0v) is 20.3. The molecule has 0 aromatic heterocycles. The quantitative estimate of drug-likeness (QED) is 0.247. The molecule has 3 aliphatic rings. The largest absolute Gasteiger partial charge is 0.438 e. The minimum absolute atomic E-state index is 0.127. The van der Waals surface area contributed by atoms with Crippen molar-refractivity contribution in [3.05, 3.63) is 47.1 Å². The van der Waals surface area contributed by atoms with Gasteiger partial charge in [-0.2, -0.15) is 26.3 Å². The Bertz CT molecular complexity index is 1010. The number of hydrogen-bond donors (Lipinski definition) is 3. The summed E-state index contributed by atoms with van der Waals surface area (Å²) in [4.78, 5) is 0. The molecule has 0 aromatic rings. The number of hydrogen-bond acceptors (Lipinski definition) is 3. The topological polar surface area (TPSA) is 60.7 Å². The third kappa shape index (κ3) is 5.32. The Balaban J connectivity index is 1.78. The van der Waals surface area contributed by atoms with Gasteiger partial charge in [-0.25, -0.2) is 0 Å². The molecule has 0 aromatic carbocycles. The first kappa shape index (κ1) is 28.5. The van der Waals surface area contributed by atoms with Crippen molar-refractivity contribution in [2.24, 2.45) is 17.3 Å². The lowest BCUT2D eigenvalue weighted by Gasteiger charge is -2.42. The molecule has 3 N–H and O–H groups in total. The van der Waals surface area contributed by atoms with Crippen molar-refractivity contribution in [3.8, 4) is 11.8 Å². The van der Waals surface area contributed by atoms with Crippen molar-refractivity contribution in [3.63, 3.8) is 0 Å². The molecule has 2 fully saturated rings. The highest BCUT2D eigenvalue weighted by Gasteiger charge is 2.70. The van der Waals surface area contributed by atoms with Gasteiger partial charge < -0.3 is 15.3 Å². The first-order chi connectivity index (χ1) is 16.5. The predicted molar refractivity (Wildman–Crippen MR) is 123 cm³/mol. The van der Waals surface area contributed by atoms with E-state index in [1.807, 2.05) is 24.1 Å². The van der Waals surface area contributed by atoms with E-state index in [9.17, 15) is 41.7 Å². The molecule has 3 rings (SSSR count). The molecule has 0 bridgehead atoms. The molecule has 200 valence electrons.